The van der Waals surface area contributed by atoms with Crippen molar-refractivity contribution in [1.82, 2.24) is 10.2 Å². The van der Waals surface area contributed by atoms with Crippen LogP contribution in [-0.4, -0.2) is 23.2 Å². The minimum atomic E-state index is 0.525. The summed E-state index contributed by atoms with van der Waals surface area (Å²) in [5.41, 5.74) is 0.885. The summed E-state index contributed by atoms with van der Waals surface area (Å²) in [7, 11) is 1.63. The van der Waals surface area contributed by atoms with Crippen molar-refractivity contribution in [2.45, 2.75) is 12.8 Å². The van der Waals surface area contributed by atoms with Gasteiger partial charge >= 0.3 is 0 Å². The fraction of sp³-hybridized carbons (Fsp3) is 0.333. The molecule has 0 aliphatic heterocycles. The maximum Gasteiger partial charge on any atom is 0.247 e. The number of aromatic nitrogens is 2. The Morgan fingerprint density at radius 1 is 1.24 bits per heavy atom. The van der Waals surface area contributed by atoms with Gasteiger partial charge in [-0.2, -0.15) is 0 Å². The van der Waals surface area contributed by atoms with Crippen molar-refractivity contribution >= 4 is 11.6 Å². The van der Waals surface area contributed by atoms with Gasteiger partial charge in [0.2, 0.25) is 11.8 Å². The number of halogens is 1. The highest BCUT2D eigenvalue weighted by Crippen LogP contribution is 2.21. The summed E-state index contributed by atoms with van der Waals surface area (Å²) in [6, 6.07) is 7.49. The molecule has 90 valence electrons. The van der Waals surface area contributed by atoms with E-state index in [-0.39, 0.29) is 0 Å². The van der Waals surface area contributed by atoms with Gasteiger partial charge in [0.1, 0.15) is 5.75 Å². The van der Waals surface area contributed by atoms with E-state index < -0.39 is 0 Å². The molecule has 0 saturated carbocycles. The van der Waals surface area contributed by atoms with Crippen molar-refractivity contribution in [3.63, 3.8) is 0 Å². The zero-order valence-corrected chi connectivity index (χ0v) is 10.3. The Balaban J connectivity index is 2.12. The molecule has 0 fully saturated rings. The third kappa shape index (κ3) is 2.97. The molecule has 0 N–H and O–H groups in total. The van der Waals surface area contributed by atoms with Crippen LogP contribution in [0, 0.1) is 0 Å². The lowest BCUT2D eigenvalue weighted by molar-refractivity contribution is 0.415. The Labute approximate surface area is 105 Å². The average Bonchev–Trinajstić information content (AvgIpc) is 2.85. The summed E-state index contributed by atoms with van der Waals surface area (Å²) in [4.78, 5) is 0. The zero-order chi connectivity index (χ0) is 12.1. The van der Waals surface area contributed by atoms with Gasteiger partial charge in [0.25, 0.3) is 0 Å². The molecule has 2 aromatic rings. The first-order chi connectivity index (χ1) is 8.33. The van der Waals surface area contributed by atoms with E-state index in [1.165, 1.54) is 0 Å². The molecular formula is C12H13ClN2O2. The molecule has 1 aromatic heterocycles. The number of hydrogen-bond acceptors (Lipinski definition) is 4. The molecule has 0 amide bonds. The van der Waals surface area contributed by atoms with Gasteiger partial charge in [0.05, 0.1) is 7.11 Å². The molecule has 0 aliphatic rings. The quantitative estimate of drug-likeness (QED) is 0.768. The smallest absolute Gasteiger partial charge is 0.247 e. The van der Waals surface area contributed by atoms with Crippen LogP contribution in [0.5, 0.6) is 5.75 Å². The number of benzene rings is 1. The van der Waals surface area contributed by atoms with Crippen molar-refractivity contribution in [2.75, 3.05) is 13.0 Å². The minimum Gasteiger partial charge on any atom is -0.497 e. The van der Waals surface area contributed by atoms with Gasteiger partial charge in [-0.1, -0.05) is 0 Å². The predicted molar refractivity (Wildman–Crippen MR) is 65.3 cm³/mol. The van der Waals surface area contributed by atoms with Gasteiger partial charge in [0, 0.05) is 17.9 Å². The zero-order valence-electron chi connectivity index (χ0n) is 9.52. The van der Waals surface area contributed by atoms with E-state index in [1.54, 1.807) is 7.11 Å². The van der Waals surface area contributed by atoms with E-state index >= 15 is 0 Å². The average molecular weight is 253 g/mol. The van der Waals surface area contributed by atoms with Crippen molar-refractivity contribution in [3.05, 3.63) is 30.2 Å². The van der Waals surface area contributed by atoms with E-state index in [0.717, 1.165) is 17.7 Å². The van der Waals surface area contributed by atoms with Crippen molar-refractivity contribution in [1.29, 1.82) is 0 Å². The highest BCUT2D eigenvalue weighted by Gasteiger charge is 2.08. The van der Waals surface area contributed by atoms with Crippen molar-refractivity contribution in [3.8, 4) is 17.2 Å². The number of ether oxygens (including phenoxy) is 1. The number of rotatable bonds is 5. The van der Waals surface area contributed by atoms with Crippen LogP contribution in [0.15, 0.2) is 28.7 Å². The topological polar surface area (TPSA) is 48.2 Å². The Bertz CT molecular complexity index is 468. The second-order valence-corrected chi connectivity index (χ2v) is 3.90. The largest absolute Gasteiger partial charge is 0.497 e. The number of aryl methyl sites for hydroxylation is 1. The Morgan fingerprint density at radius 3 is 2.65 bits per heavy atom. The Morgan fingerprint density at radius 2 is 2.00 bits per heavy atom. The molecule has 4 nitrogen and oxygen atoms in total. The standard InChI is InChI=1S/C12H13ClN2O2/c1-16-10-6-4-9(5-7-10)12-15-14-11(17-12)3-2-8-13/h4-7H,2-3,8H2,1H3. The van der Waals surface area contributed by atoms with Crippen LogP contribution in [0.25, 0.3) is 11.5 Å². The third-order valence-electron chi connectivity index (χ3n) is 2.33. The Hall–Kier alpha value is -1.55. The molecule has 0 aliphatic carbocycles. The third-order valence-corrected chi connectivity index (χ3v) is 2.60. The molecule has 1 heterocycles. The van der Waals surface area contributed by atoms with Crippen molar-refractivity contribution < 1.29 is 9.15 Å². The second-order valence-electron chi connectivity index (χ2n) is 3.52. The molecule has 0 saturated heterocycles. The fourth-order valence-corrected chi connectivity index (χ4v) is 1.56. The van der Waals surface area contributed by atoms with Gasteiger partial charge in [-0.25, -0.2) is 0 Å². The summed E-state index contributed by atoms with van der Waals surface area (Å²) < 4.78 is 10.6. The van der Waals surface area contributed by atoms with E-state index in [1.807, 2.05) is 24.3 Å². The van der Waals surface area contributed by atoms with Gasteiger partial charge in [0.15, 0.2) is 0 Å². The minimum absolute atomic E-state index is 0.525. The summed E-state index contributed by atoms with van der Waals surface area (Å²) in [6.45, 7) is 0. The SMILES string of the molecule is COc1ccc(-c2nnc(CCCCl)o2)cc1. The van der Waals surface area contributed by atoms with Crippen LogP contribution < -0.4 is 4.74 Å². The molecule has 0 atom stereocenters. The number of alkyl halides is 1. The predicted octanol–water partition coefficient (Wildman–Crippen LogP) is 2.92. The lowest BCUT2D eigenvalue weighted by Gasteiger charge is -1.99. The van der Waals surface area contributed by atoms with Crippen LogP contribution in [0.1, 0.15) is 12.3 Å². The monoisotopic (exact) mass is 252 g/mol. The molecule has 0 radical (unpaired) electrons. The molecule has 0 spiro atoms. The highest BCUT2D eigenvalue weighted by atomic mass is 35.5. The van der Waals surface area contributed by atoms with Gasteiger partial charge in [-0.15, -0.1) is 21.8 Å². The number of methoxy groups -OCH3 is 1. The van der Waals surface area contributed by atoms with Gasteiger partial charge in [-0.05, 0) is 30.7 Å². The molecule has 0 unspecified atom stereocenters. The summed E-state index contributed by atoms with van der Waals surface area (Å²) in [5.74, 6) is 2.55. The Kier molecular flexibility index (Phi) is 3.98. The van der Waals surface area contributed by atoms with Crippen LogP contribution >= 0.6 is 11.6 Å². The summed E-state index contributed by atoms with van der Waals surface area (Å²) in [5, 5.41) is 7.96. The molecule has 1 aromatic carbocycles. The molecule has 0 bridgehead atoms. The van der Waals surface area contributed by atoms with Crippen LogP contribution in [-0.2, 0) is 6.42 Å². The van der Waals surface area contributed by atoms with Crippen molar-refractivity contribution in [2.24, 2.45) is 0 Å². The van der Waals surface area contributed by atoms with Crippen LogP contribution in [0.3, 0.4) is 0 Å². The van der Waals surface area contributed by atoms with E-state index in [0.29, 0.717) is 24.1 Å². The molecular weight excluding hydrogens is 240 g/mol. The normalized spacial score (nSPS) is 10.5. The lowest BCUT2D eigenvalue weighted by atomic mass is 10.2. The first-order valence-corrected chi connectivity index (χ1v) is 5.89. The maximum atomic E-state index is 5.60. The van der Waals surface area contributed by atoms with E-state index in [2.05, 4.69) is 10.2 Å². The number of nitrogens with zero attached hydrogens (tertiary/aromatic N) is 2. The first-order valence-electron chi connectivity index (χ1n) is 5.36. The second kappa shape index (κ2) is 5.68. The number of hydrogen-bond donors (Lipinski definition) is 0. The molecule has 5 heteroatoms. The summed E-state index contributed by atoms with van der Waals surface area (Å²) in [6.07, 6.45) is 1.55. The van der Waals surface area contributed by atoms with E-state index in [4.69, 9.17) is 20.8 Å². The maximum absolute atomic E-state index is 5.60. The summed E-state index contributed by atoms with van der Waals surface area (Å²) >= 11 is 5.60. The van der Waals surface area contributed by atoms with Gasteiger partial charge in [-0.3, -0.25) is 0 Å². The van der Waals surface area contributed by atoms with Crippen LogP contribution in [0.4, 0.5) is 0 Å². The van der Waals surface area contributed by atoms with Gasteiger partial charge < -0.3 is 9.15 Å². The molecule has 2 rings (SSSR count). The highest BCUT2D eigenvalue weighted by molar-refractivity contribution is 6.17. The fourth-order valence-electron chi connectivity index (χ4n) is 1.42. The van der Waals surface area contributed by atoms with E-state index in [9.17, 15) is 0 Å². The van der Waals surface area contributed by atoms with Crippen LogP contribution in [0.2, 0.25) is 0 Å². The first kappa shape index (κ1) is 11.9. The lowest BCUT2D eigenvalue weighted by Crippen LogP contribution is -1.85. The molecule has 17 heavy (non-hydrogen) atoms.